The summed E-state index contributed by atoms with van der Waals surface area (Å²) in [5.74, 6) is 1.67. The number of anilines is 3. The second kappa shape index (κ2) is 8.56. The van der Waals surface area contributed by atoms with Crippen molar-refractivity contribution in [3.8, 4) is 34.0 Å². The van der Waals surface area contributed by atoms with Crippen molar-refractivity contribution in [2.75, 3.05) is 4.90 Å². The zero-order valence-electron chi connectivity index (χ0n) is 23.3. The van der Waals surface area contributed by atoms with Gasteiger partial charge in [0.25, 0.3) is 0 Å². The molecule has 0 fully saturated rings. The molecule has 0 saturated heterocycles. The van der Waals surface area contributed by atoms with Crippen LogP contribution in [0.3, 0.4) is 0 Å². The first-order valence-corrected chi connectivity index (χ1v) is 15.1. The Morgan fingerprint density at radius 3 is 2.32 bits per heavy atom. The molecule has 0 N–H and O–H groups in total. The highest BCUT2D eigenvalue weighted by Crippen LogP contribution is 2.66. The fourth-order valence-electron chi connectivity index (χ4n) is 7.78. The van der Waals surface area contributed by atoms with Gasteiger partial charge in [-0.15, -0.1) is 0 Å². The van der Waals surface area contributed by atoms with Crippen molar-refractivity contribution in [1.82, 2.24) is 9.97 Å². The predicted octanol–water partition coefficient (Wildman–Crippen LogP) is 10.2. The zero-order chi connectivity index (χ0) is 29.0. The number of nitrogens with zero attached hydrogens (tertiary/aromatic N) is 3. The molecule has 206 valence electrons. The van der Waals surface area contributed by atoms with E-state index >= 15 is 0 Å². The van der Waals surface area contributed by atoms with E-state index < -0.39 is 5.41 Å². The van der Waals surface area contributed by atoms with Crippen LogP contribution in [-0.4, -0.2) is 9.97 Å². The van der Waals surface area contributed by atoms with E-state index in [-0.39, 0.29) is 0 Å². The normalized spacial score (nSPS) is 16.5. The van der Waals surface area contributed by atoms with Crippen LogP contribution in [0.4, 0.5) is 17.1 Å². The van der Waals surface area contributed by atoms with Crippen molar-refractivity contribution in [3.63, 3.8) is 0 Å². The molecule has 7 aromatic rings. The minimum absolute atomic E-state index is 0.458. The maximum atomic E-state index is 6.94. The maximum Gasteiger partial charge on any atom is 0.159 e. The van der Waals surface area contributed by atoms with Crippen molar-refractivity contribution in [3.05, 3.63) is 161 Å². The molecule has 2 aromatic heterocycles. The molecule has 44 heavy (non-hydrogen) atoms. The molecule has 5 heteroatoms. The van der Waals surface area contributed by atoms with Gasteiger partial charge in [0.15, 0.2) is 11.5 Å². The van der Waals surface area contributed by atoms with E-state index in [1.807, 2.05) is 24.4 Å². The first-order chi connectivity index (χ1) is 21.7. The molecule has 3 heterocycles. The molecule has 10 rings (SSSR count). The molecule has 1 atom stereocenters. The molecule has 0 saturated carbocycles. The first kappa shape index (κ1) is 24.0. The number of halogens is 1. The van der Waals surface area contributed by atoms with Gasteiger partial charge < -0.3 is 9.64 Å². The Bertz CT molecular complexity index is 2360. The van der Waals surface area contributed by atoms with Crippen molar-refractivity contribution < 1.29 is 4.74 Å². The highest BCUT2D eigenvalue weighted by Gasteiger charge is 2.54. The van der Waals surface area contributed by atoms with Crippen molar-refractivity contribution in [1.29, 1.82) is 0 Å². The molecule has 1 unspecified atom stereocenters. The smallest absolute Gasteiger partial charge is 0.159 e. The molecule has 3 aliphatic rings. The number of hydrogen-bond acceptors (Lipinski definition) is 4. The van der Waals surface area contributed by atoms with Gasteiger partial charge in [0.1, 0.15) is 5.15 Å². The lowest BCUT2D eigenvalue weighted by atomic mass is 9.71. The van der Waals surface area contributed by atoms with E-state index in [1.165, 1.54) is 16.3 Å². The summed E-state index contributed by atoms with van der Waals surface area (Å²) in [4.78, 5) is 12.0. The van der Waals surface area contributed by atoms with Crippen LogP contribution in [0.2, 0.25) is 5.15 Å². The number of rotatable bonds is 1. The summed E-state index contributed by atoms with van der Waals surface area (Å²) in [5, 5.41) is 2.83. The van der Waals surface area contributed by atoms with Crippen molar-refractivity contribution >= 4 is 39.4 Å². The van der Waals surface area contributed by atoms with Gasteiger partial charge in [0.05, 0.1) is 33.9 Å². The Morgan fingerprint density at radius 1 is 0.591 bits per heavy atom. The monoisotopic (exact) mass is 583 g/mol. The van der Waals surface area contributed by atoms with Crippen LogP contribution in [0.5, 0.6) is 11.5 Å². The Labute approximate surface area is 258 Å². The van der Waals surface area contributed by atoms with Crippen LogP contribution in [0, 0.1) is 0 Å². The highest BCUT2D eigenvalue weighted by molar-refractivity contribution is 6.29. The molecule has 4 nitrogen and oxygen atoms in total. The van der Waals surface area contributed by atoms with Crippen molar-refractivity contribution in [2.45, 2.75) is 5.41 Å². The molecule has 0 amide bonds. The molecule has 1 spiro atoms. The average molecular weight is 584 g/mol. The lowest BCUT2D eigenvalue weighted by Gasteiger charge is -2.35. The summed E-state index contributed by atoms with van der Waals surface area (Å²) in [6, 6.07) is 44.7. The fourth-order valence-corrected chi connectivity index (χ4v) is 7.92. The molecular weight excluding hydrogens is 562 g/mol. The number of pyridine rings is 2. The summed E-state index contributed by atoms with van der Waals surface area (Å²) >= 11 is 6.48. The lowest BCUT2D eigenvalue weighted by Crippen LogP contribution is -2.26. The zero-order valence-corrected chi connectivity index (χ0v) is 24.1. The summed E-state index contributed by atoms with van der Waals surface area (Å²) in [7, 11) is 0. The molecule has 0 radical (unpaired) electrons. The SMILES string of the molecule is Clc1ccc2c(n1)-c1ncccc1C21c2ccccc2-c2c1ccc1c2Oc2ccccc2N1c1cccc2ccccc12. The number of para-hydroxylation sites is 2. The van der Waals surface area contributed by atoms with Gasteiger partial charge in [0.2, 0.25) is 0 Å². The third-order valence-corrected chi connectivity index (χ3v) is 9.62. The van der Waals surface area contributed by atoms with Crippen LogP contribution >= 0.6 is 11.6 Å². The van der Waals surface area contributed by atoms with Gasteiger partial charge in [-0.3, -0.25) is 4.98 Å². The van der Waals surface area contributed by atoms with Gasteiger partial charge >= 0.3 is 0 Å². The topological polar surface area (TPSA) is 38.3 Å². The predicted molar refractivity (Wildman–Crippen MR) is 176 cm³/mol. The average Bonchev–Trinajstić information content (AvgIpc) is 3.54. The minimum atomic E-state index is -0.595. The number of fused-ring (bicyclic) bond motifs is 14. The third-order valence-electron chi connectivity index (χ3n) is 9.41. The maximum absolute atomic E-state index is 6.94. The van der Waals surface area contributed by atoms with E-state index in [9.17, 15) is 0 Å². The number of hydrogen-bond donors (Lipinski definition) is 0. The van der Waals surface area contributed by atoms with Gasteiger partial charge in [-0.1, -0.05) is 103 Å². The molecule has 0 bridgehead atoms. The second-order valence-electron chi connectivity index (χ2n) is 11.5. The highest BCUT2D eigenvalue weighted by atomic mass is 35.5. The van der Waals surface area contributed by atoms with E-state index in [1.54, 1.807) is 0 Å². The summed E-state index contributed by atoms with van der Waals surface area (Å²) in [6.07, 6.45) is 1.83. The van der Waals surface area contributed by atoms with Gasteiger partial charge in [-0.25, -0.2) is 4.98 Å². The minimum Gasteiger partial charge on any atom is -0.452 e. The van der Waals surface area contributed by atoms with E-state index in [0.717, 1.165) is 67.8 Å². The molecule has 1 aliphatic heterocycles. The Hall–Kier alpha value is -5.45. The fraction of sp³-hybridized carbons (Fsp3) is 0.0256. The Morgan fingerprint density at radius 2 is 1.34 bits per heavy atom. The van der Waals surface area contributed by atoms with Crippen LogP contribution in [0.25, 0.3) is 33.3 Å². The van der Waals surface area contributed by atoms with E-state index in [4.69, 9.17) is 26.3 Å². The molecule has 2 aliphatic carbocycles. The summed E-state index contributed by atoms with van der Waals surface area (Å²) in [6.45, 7) is 0. The molecule has 5 aromatic carbocycles. The van der Waals surface area contributed by atoms with Gasteiger partial charge in [-0.05, 0) is 69.6 Å². The van der Waals surface area contributed by atoms with Crippen LogP contribution in [0.1, 0.15) is 22.3 Å². The number of benzene rings is 5. The quantitative estimate of drug-likeness (QED) is 0.180. The van der Waals surface area contributed by atoms with Gasteiger partial charge in [-0.2, -0.15) is 0 Å². The number of ether oxygens (including phenoxy) is 1. The second-order valence-corrected chi connectivity index (χ2v) is 11.9. The summed E-state index contributed by atoms with van der Waals surface area (Å²) < 4.78 is 6.94. The van der Waals surface area contributed by atoms with E-state index in [0.29, 0.717) is 5.15 Å². The van der Waals surface area contributed by atoms with Crippen LogP contribution in [0.15, 0.2) is 134 Å². The summed E-state index contributed by atoms with van der Waals surface area (Å²) in [5.41, 5.74) is 11.0. The third kappa shape index (κ3) is 2.88. The first-order valence-electron chi connectivity index (χ1n) is 14.7. The van der Waals surface area contributed by atoms with Crippen LogP contribution < -0.4 is 9.64 Å². The standard InChI is InChI=1S/C39H22ClN3O/c40-34-21-19-29-37(42-34)36-28(14-8-22-41-36)39(29)26-13-4-3-12-25(26)35-27(39)18-20-32-38(35)44-33-17-6-5-15-31(33)43(32)30-16-7-10-23-9-1-2-11-24(23)30/h1-22H. The van der Waals surface area contributed by atoms with E-state index in [2.05, 4.69) is 114 Å². The largest absolute Gasteiger partial charge is 0.452 e. The molecular formula is C39H22ClN3O. The number of aromatic nitrogens is 2. The van der Waals surface area contributed by atoms with Gasteiger partial charge in [0, 0.05) is 17.1 Å². The Kier molecular flexibility index (Phi) is 4.68. The lowest BCUT2D eigenvalue weighted by molar-refractivity contribution is 0.478. The van der Waals surface area contributed by atoms with Crippen molar-refractivity contribution in [2.24, 2.45) is 0 Å². The Balaban J connectivity index is 1.32. The van der Waals surface area contributed by atoms with Crippen LogP contribution in [-0.2, 0) is 5.41 Å².